The molecule has 0 aliphatic heterocycles. The minimum absolute atomic E-state index is 0.0555. The second kappa shape index (κ2) is 6.67. The lowest BCUT2D eigenvalue weighted by molar-refractivity contribution is -0.141. The number of nitrogens with two attached hydrogens (primary N) is 1. The van der Waals surface area contributed by atoms with Gasteiger partial charge >= 0.3 is 5.97 Å². The van der Waals surface area contributed by atoms with E-state index in [1.54, 1.807) is 0 Å². The fraction of sp³-hybridized carbons (Fsp3) is 0.750. The van der Waals surface area contributed by atoms with Crippen LogP contribution in [0.3, 0.4) is 0 Å². The lowest BCUT2D eigenvalue weighted by Crippen LogP contribution is -2.49. The molecule has 0 saturated heterocycles. The molecular weight excluding hydrogens is 204 g/mol. The normalized spacial score (nSPS) is 14.5. The molecule has 0 aromatic heterocycles. The summed E-state index contributed by atoms with van der Waals surface area (Å²) in [6.45, 7) is 1.90. The van der Waals surface area contributed by atoms with Gasteiger partial charge in [0, 0.05) is 5.75 Å². The zero-order valence-electron chi connectivity index (χ0n) is 8.06. The molecule has 4 N–H and O–H groups in total. The Morgan fingerprint density at radius 1 is 1.57 bits per heavy atom. The SMILES string of the molecule is CCC[C@H](N)C(=O)N[C@@H](CS)C(=O)O. The van der Waals surface area contributed by atoms with Crippen LogP contribution in [0.15, 0.2) is 0 Å². The molecule has 0 saturated carbocycles. The molecule has 0 fully saturated rings. The minimum Gasteiger partial charge on any atom is -0.480 e. The number of hydrogen-bond donors (Lipinski definition) is 4. The highest BCUT2D eigenvalue weighted by Gasteiger charge is 2.21. The van der Waals surface area contributed by atoms with Gasteiger partial charge in [-0.3, -0.25) is 4.79 Å². The van der Waals surface area contributed by atoms with Gasteiger partial charge in [0.1, 0.15) is 6.04 Å². The number of rotatable bonds is 6. The summed E-state index contributed by atoms with van der Waals surface area (Å²) >= 11 is 3.81. The van der Waals surface area contributed by atoms with Crippen molar-refractivity contribution in [2.24, 2.45) is 5.73 Å². The molecule has 0 aromatic rings. The maximum absolute atomic E-state index is 11.3. The van der Waals surface area contributed by atoms with E-state index in [0.717, 1.165) is 6.42 Å². The van der Waals surface area contributed by atoms with Crippen molar-refractivity contribution in [2.75, 3.05) is 5.75 Å². The number of aliphatic carboxylic acids is 1. The predicted octanol–water partition coefficient (Wildman–Crippen LogP) is -0.387. The van der Waals surface area contributed by atoms with Gasteiger partial charge in [-0.25, -0.2) is 4.79 Å². The average molecular weight is 220 g/mol. The fourth-order valence-electron chi connectivity index (χ4n) is 0.906. The Balaban J connectivity index is 4.08. The third kappa shape index (κ3) is 4.48. The number of thiol groups is 1. The van der Waals surface area contributed by atoms with Gasteiger partial charge in [-0.05, 0) is 6.42 Å². The van der Waals surface area contributed by atoms with Crippen molar-refractivity contribution in [1.29, 1.82) is 0 Å². The van der Waals surface area contributed by atoms with Crippen molar-refractivity contribution in [3.05, 3.63) is 0 Å². The molecule has 6 heteroatoms. The van der Waals surface area contributed by atoms with E-state index in [0.29, 0.717) is 6.42 Å². The Morgan fingerprint density at radius 2 is 2.14 bits per heavy atom. The quantitative estimate of drug-likeness (QED) is 0.459. The zero-order valence-corrected chi connectivity index (χ0v) is 8.96. The summed E-state index contributed by atoms with van der Waals surface area (Å²) in [5.41, 5.74) is 5.50. The van der Waals surface area contributed by atoms with Crippen LogP contribution in [0.5, 0.6) is 0 Å². The Kier molecular flexibility index (Phi) is 6.31. The number of nitrogens with one attached hydrogen (secondary N) is 1. The molecule has 0 aliphatic rings. The van der Waals surface area contributed by atoms with E-state index in [2.05, 4.69) is 17.9 Å². The highest BCUT2D eigenvalue weighted by Crippen LogP contribution is 1.95. The Morgan fingerprint density at radius 3 is 2.50 bits per heavy atom. The summed E-state index contributed by atoms with van der Waals surface area (Å²) in [5, 5.41) is 10.9. The molecule has 1 amide bonds. The first-order valence-electron chi connectivity index (χ1n) is 4.42. The van der Waals surface area contributed by atoms with E-state index in [-0.39, 0.29) is 5.75 Å². The van der Waals surface area contributed by atoms with Crippen LogP contribution in [0.1, 0.15) is 19.8 Å². The van der Waals surface area contributed by atoms with Crippen LogP contribution in [-0.2, 0) is 9.59 Å². The number of carboxylic acids is 1. The molecule has 0 aromatic carbocycles. The van der Waals surface area contributed by atoms with Crippen LogP contribution in [0.4, 0.5) is 0 Å². The van der Waals surface area contributed by atoms with Crippen LogP contribution < -0.4 is 11.1 Å². The molecule has 2 atom stereocenters. The highest BCUT2D eigenvalue weighted by molar-refractivity contribution is 7.80. The lowest BCUT2D eigenvalue weighted by Gasteiger charge is -2.15. The Hall–Kier alpha value is -0.750. The predicted molar refractivity (Wildman–Crippen MR) is 56.3 cm³/mol. The second-order valence-corrected chi connectivity index (χ2v) is 3.34. The summed E-state index contributed by atoms with van der Waals surface area (Å²) in [6, 6.07) is -1.60. The van der Waals surface area contributed by atoms with Crippen molar-refractivity contribution in [2.45, 2.75) is 31.8 Å². The number of carbonyl (C=O) groups excluding carboxylic acids is 1. The molecule has 0 aliphatic carbocycles. The zero-order chi connectivity index (χ0) is 11.1. The fourth-order valence-corrected chi connectivity index (χ4v) is 1.15. The van der Waals surface area contributed by atoms with E-state index < -0.39 is 24.0 Å². The summed E-state index contributed by atoms with van der Waals surface area (Å²) in [7, 11) is 0. The van der Waals surface area contributed by atoms with Crippen molar-refractivity contribution >= 4 is 24.5 Å². The minimum atomic E-state index is -1.10. The van der Waals surface area contributed by atoms with Crippen LogP contribution in [0.25, 0.3) is 0 Å². The molecule has 82 valence electrons. The van der Waals surface area contributed by atoms with E-state index in [1.807, 2.05) is 6.92 Å². The molecule has 0 unspecified atom stereocenters. The van der Waals surface area contributed by atoms with Crippen molar-refractivity contribution in [1.82, 2.24) is 5.32 Å². The van der Waals surface area contributed by atoms with Crippen molar-refractivity contribution in [3.63, 3.8) is 0 Å². The van der Waals surface area contributed by atoms with Gasteiger partial charge in [0.2, 0.25) is 5.91 Å². The summed E-state index contributed by atoms with van der Waals surface area (Å²) in [4.78, 5) is 21.8. The Bertz CT molecular complexity index is 211. The summed E-state index contributed by atoms with van der Waals surface area (Å²) < 4.78 is 0. The van der Waals surface area contributed by atoms with Gasteiger partial charge in [0.05, 0.1) is 6.04 Å². The first-order chi connectivity index (χ1) is 6.52. The number of carboxylic acid groups (broad SMARTS) is 1. The van der Waals surface area contributed by atoms with E-state index in [9.17, 15) is 9.59 Å². The first-order valence-corrected chi connectivity index (χ1v) is 5.05. The largest absolute Gasteiger partial charge is 0.480 e. The van der Waals surface area contributed by atoms with Crippen molar-refractivity contribution < 1.29 is 14.7 Å². The monoisotopic (exact) mass is 220 g/mol. The second-order valence-electron chi connectivity index (χ2n) is 2.98. The molecule has 0 bridgehead atoms. The number of amides is 1. The molecule has 14 heavy (non-hydrogen) atoms. The van der Waals surface area contributed by atoms with Crippen LogP contribution >= 0.6 is 12.6 Å². The average Bonchev–Trinajstić information content (AvgIpc) is 2.13. The molecule has 0 radical (unpaired) electrons. The van der Waals surface area contributed by atoms with Gasteiger partial charge in [0.15, 0.2) is 0 Å². The standard InChI is InChI=1S/C8H16N2O3S/c1-2-3-5(9)7(11)10-6(4-14)8(12)13/h5-6,14H,2-4,9H2,1H3,(H,10,11)(H,12,13)/t5-,6-/m0/s1. The van der Waals surface area contributed by atoms with E-state index in [1.165, 1.54) is 0 Å². The molecule has 0 heterocycles. The number of carbonyl (C=O) groups is 2. The molecule has 0 spiro atoms. The smallest absolute Gasteiger partial charge is 0.327 e. The summed E-state index contributed by atoms with van der Waals surface area (Å²) in [5.74, 6) is -1.48. The van der Waals surface area contributed by atoms with Crippen molar-refractivity contribution in [3.8, 4) is 0 Å². The maximum atomic E-state index is 11.3. The first kappa shape index (κ1) is 13.2. The van der Waals surface area contributed by atoms with Gasteiger partial charge in [-0.15, -0.1) is 0 Å². The molecular formula is C8H16N2O3S. The van der Waals surface area contributed by atoms with Gasteiger partial charge in [-0.1, -0.05) is 13.3 Å². The van der Waals surface area contributed by atoms with E-state index in [4.69, 9.17) is 10.8 Å². The summed E-state index contributed by atoms with van der Waals surface area (Å²) in [6.07, 6.45) is 1.33. The number of hydrogen-bond acceptors (Lipinski definition) is 4. The van der Waals surface area contributed by atoms with Crippen LogP contribution in [0.2, 0.25) is 0 Å². The molecule has 0 rings (SSSR count). The maximum Gasteiger partial charge on any atom is 0.327 e. The topological polar surface area (TPSA) is 92.4 Å². The van der Waals surface area contributed by atoms with E-state index >= 15 is 0 Å². The highest BCUT2D eigenvalue weighted by atomic mass is 32.1. The van der Waals surface area contributed by atoms with Crippen LogP contribution in [-0.4, -0.2) is 34.8 Å². The molecule has 5 nitrogen and oxygen atoms in total. The Labute approximate surface area is 88.5 Å². The lowest BCUT2D eigenvalue weighted by atomic mass is 10.1. The third-order valence-electron chi connectivity index (χ3n) is 1.73. The third-order valence-corrected chi connectivity index (χ3v) is 2.10. The van der Waals surface area contributed by atoms with Gasteiger partial charge in [0.25, 0.3) is 0 Å². The van der Waals surface area contributed by atoms with Crippen LogP contribution in [0, 0.1) is 0 Å². The van der Waals surface area contributed by atoms with Gasteiger partial charge < -0.3 is 16.2 Å². The van der Waals surface area contributed by atoms with Gasteiger partial charge in [-0.2, -0.15) is 12.6 Å².